The van der Waals surface area contributed by atoms with Crippen LogP contribution in [0.4, 0.5) is 17.5 Å². The smallest absolute Gasteiger partial charge is 0.229 e. The molecule has 1 aromatic carbocycles. The minimum Gasteiger partial charge on any atom is -0.369 e. The van der Waals surface area contributed by atoms with E-state index >= 15 is 0 Å². The first-order valence-electron chi connectivity index (χ1n) is 6.52. The van der Waals surface area contributed by atoms with Crippen LogP contribution in [0.25, 0.3) is 0 Å². The number of hydrogen-bond acceptors (Lipinski definition) is 7. The van der Waals surface area contributed by atoms with Gasteiger partial charge in [-0.2, -0.15) is 10.2 Å². The van der Waals surface area contributed by atoms with Crippen molar-refractivity contribution in [2.75, 3.05) is 23.4 Å². The molecule has 0 fully saturated rings. The topological polar surface area (TPSA) is 108 Å². The lowest BCUT2D eigenvalue weighted by molar-refractivity contribution is 0.602. The van der Waals surface area contributed by atoms with Crippen molar-refractivity contribution in [1.29, 1.82) is 5.26 Å². The predicted molar refractivity (Wildman–Crippen MR) is 83.7 cm³/mol. The Balaban J connectivity index is 2.24. The van der Waals surface area contributed by atoms with Crippen LogP contribution in [0.3, 0.4) is 0 Å². The van der Waals surface area contributed by atoms with Crippen LogP contribution in [-0.2, 0) is 9.84 Å². The van der Waals surface area contributed by atoms with Gasteiger partial charge < -0.3 is 10.6 Å². The lowest BCUT2D eigenvalue weighted by Gasteiger charge is -2.09. The summed E-state index contributed by atoms with van der Waals surface area (Å²) in [7, 11) is -3.22. The third kappa shape index (κ3) is 3.71. The number of hydrogen-bond donors (Lipinski definition) is 2. The second-order valence-electron chi connectivity index (χ2n) is 4.52. The number of aromatic nitrogens is 2. The van der Waals surface area contributed by atoms with Crippen LogP contribution in [0.1, 0.15) is 12.5 Å². The zero-order chi connectivity index (χ0) is 16.2. The van der Waals surface area contributed by atoms with Gasteiger partial charge in [0.1, 0.15) is 17.5 Å². The molecule has 2 rings (SSSR count). The van der Waals surface area contributed by atoms with Crippen LogP contribution in [0.15, 0.2) is 35.4 Å². The van der Waals surface area contributed by atoms with E-state index in [1.807, 2.05) is 13.0 Å². The molecule has 1 aromatic heterocycles. The molecule has 22 heavy (non-hydrogen) atoms. The van der Waals surface area contributed by atoms with E-state index in [0.29, 0.717) is 29.6 Å². The Bertz CT molecular complexity index is 810. The lowest BCUT2D eigenvalue weighted by Crippen LogP contribution is -2.06. The van der Waals surface area contributed by atoms with Gasteiger partial charge in [-0.25, -0.2) is 13.4 Å². The molecule has 8 heteroatoms. The maximum atomic E-state index is 11.4. The summed E-state index contributed by atoms with van der Waals surface area (Å²) in [6, 6.07) is 8.29. The summed E-state index contributed by atoms with van der Waals surface area (Å²) in [6.07, 6.45) is 2.58. The molecule has 0 unspecified atom stereocenters. The first-order valence-corrected chi connectivity index (χ1v) is 8.41. The molecule has 0 radical (unpaired) electrons. The average molecular weight is 317 g/mol. The van der Waals surface area contributed by atoms with E-state index in [0.717, 1.165) is 6.26 Å². The number of nitrogens with zero attached hydrogens (tertiary/aromatic N) is 3. The minimum absolute atomic E-state index is 0.243. The maximum Gasteiger partial charge on any atom is 0.229 e. The van der Waals surface area contributed by atoms with Crippen molar-refractivity contribution in [3.05, 3.63) is 36.0 Å². The first kappa shape index (κ1) is 15.7. The number of rotatable bonds is 5. The van der Waals surface area contributed by atoms with E-state index in [-0.39, 0.29) is 4.90 Å². The third-order valence-corrected chi connectivity index (χ3v) is 3.92. The van der Waals surface area contributed by atoms with Gasteiger partial charge in [-0.15, -0.1) is 0 Å². The fraction of sp³-hybridized carbons (Fsp3) is 0.214. The summed E-state index contributed by atoms with van der Waals surface area (Å²) in [5.74, 6) is 0.775. The molecule has 2 N–H and O–H groups in total. The molecule has 0 aliphatic rings. The van der Waals surface area contributed by atoms with Crippen molar-refractivity contribution >= 4 is 27.3 Å². The Morgan fingerprint density at radius 2 is 1.95 bits per heavy atom. The van der Waals surface area contributed by atoms with Crippen molar-refractivity contribution < 1.29 is 8.42 Å². The molecule has 2 aromatic rings. The van der Waals surface area contributed by atoms with E-state index in [9.17, 15) is 8.42 Å². The SMILES string of the molecule is CCNc1nc(Nc2ccc(S(C)(=O)=O)cc2)ncc1C#N. The van der Waals surface area contributed by atoms with Crippen LogP contribution in [0, 0.1) is 11.3 Å². The van der Waals surface area contributed by atoms with Gasteiger partial charge in [0, 0.05) is 18.5 Å². The molecular weight excluding hydrogens is 302 g/mol. The van der Waals surface area contributed by atoms with E-state index in [1.54, 1.807) is 12.1 Å². The molecule has 7 nitrogen and oxygen atoms in total. The van der Waals surface area contributed by atoms with Crippen LogP contribution in [0.5, 0.6) is 0 Å². The Morgan fingerprint density at radius 1 is 1.27 bits per heavy atom. The summed E-state index contributed by atoms with van der Waals surface area (Å²) in [5, 5.41) is 14.9. The number of nitriles is 1. The molecule has 0 saturated heterocycles. The molecule has 114 valence electrons. The highest BCUT2D eigenvalue weighted by Crippen LogP contribution is 2.19. The van der Waals surface area contributed by atoms with Gasteiger partial charge in [-0.3, -0.25) is 0 Å². The molecule has 0 atom stereocenters. The molecule has 0 bridgehead atoms. The van der Waals surface area contributed by atoms with Crippen molar-refractivity contribution in [1.82, 2.24) is 9.97 Å². The van der Waals surface area contributed by atoms with Crippen LogP contribution in [-0.4, -0.2) is 31.2 Å². The van der Waals surface area contributed by atoms with Gasteiger partial charge in [0.05, 0.1) is 11.1 Å². The standard InChI is InChI=1S/C14H15N5O2S/c1-3-16-13-10(8-15)9-17-14(19-13)18-11-4-6-12(7-5-11)22(2,20)21/h4-7,9H,3H2,1-2H3,(H2,16,17,18,19). The molecule has 0 aliphatic heterocycles. The van der Waals surface area contributed by atoms with E-state index in [2.05, 4.69) is 20.6 Å². The molecule has 0 saturated carbocycles. The summed E-state index contributed by atoms with van der Waals surface area (Å²) >= 11 is 0. The van der Waals surface area contributed by atoms with Crippen molar-refractivity contribution in [2.24, 2.45) is 0 Å². The number of benzene rings is 1. The second-order valence-corrected chi connectivity index (χ2v) is 6.54. The van der Waals surface area contributed by atoms with Crippen LogP contribution in [0.2, 0.25) is 0 Å². The van der Waals surface area contributed by atoms with Crippen molar-refractivity contribution in [2.45, 2.75) is 11.8 Å². The highest BCUT2D eigenvalue weighted by Gasteiger charge is 2.08. The molecule has 0 amide bonds. The summed E-state index contributed by atoms with van der Waals surface area (Å²) < 4.78 is 22.8. The molecule has 0 aliphatic carbocycles. The van der Waals surface area contributed by atoms with Gasteiger partial charge in [0.2, 0.25) is 5.95 Å². The zero-order valence-electron chi connectivity index (χ0n) is 12.2. The molecule has 1 heterocycles. The van der Waals surface area contributed by atoms with Gasteiger partial charge in [-0.1, -0.05) is 0 Å². The summed E-state index contributed by atoms with van der Waals surface area (Å²) in [4.78, 5) is 8.52. The van der Waals surface area contributed by atoms with E-state index in [1.165, 1.54) is 18.3 Å². The monoisotopic (exact) mass is 317 g/mol. The highest BCUT2D eigenvalue weighted by molar-refractivity contribution is 7.90. The lowest BCUT2D eigenvalue weighted by atomic mass is 10.3. The average Bonchev–Trinajstić information content (AvgIpc) is 2.47. The largest absolute Gasteiger partial charge is 0.369 e. The summed E-state index contributed by atoms with van der Waals surface area (Å²) in [6.45, 7) is 2.54. The Kier molecular flexibility index (Phi) is 4.58. The van der Waals surface area contributed by atoms with Crippen LogP contribution >= 0.6 is 0 Å². The fourth-order valence-corrected chi connectivity index (χ4v) is 2.37. The fourth-order valence-electron chi connectivity index (χ4n) is 1.74. The number of nitrogens with one attached hydrogen (secondary N) is 2. The zero-order valence-corrected chi connectivity index (χ0v) is 13.0. The first-order chi connectivity index (χ1) is 10.4. The number of sulfone groups is 1. The van der Waals surface area contributed by atoms with Gasteiger partial charge in [0.15, 0.2) is 9.84 Å². The summed E-state index contributed by atoms with van der Waals surface area (Å²) in [5.41, 5.74) is 1.01. The maximum absolute atomic E-state index is 11.4. The van der Waals surface area contributed by atoms with Crippen molar-refractivity contribution in [3.8, 4) is 6.07 Å². The van der Waals surface area contributed by atoms with Crippen LogP contribution < -0.4 is 10.6 Å². The Labute approximate surface area is 129 Å². The Morgan fingerprint density at radius 3 is 2.50 bits per heavy atom. The highest BCUT2D eigenvalue weighted by atomic mass is 32.2. The quantitative estimate of drug-likeness (QED) is 0.867. The third-order valence-electron chi connectivity index (χ3n) is 2.79. The number of anilines is 3. The van der Waals surface area contributed by atoms with Gasteiger partial charge >= 0.3 is 0 Å². The molecular formula is C14H15N5O2S. The Hall–Kier alpha value is -2.66. The van der Waals surface area contributed by atoms with E-state index < -0.39 is 9.84 Å². The molecule has 0 spiro atoms. The van der Waals surface area contributed by atoms with Gasteiger partial charge in [0.25, 0.3) is 0 Å². The predicted octanol–water partition coefficient (Wildman–Crippen LogP) is 1.93. The minimum atomic E-state index is -3.22. The normalized spacial score (nSPS) is 10.8. The van der Waals surface area contributed by atoms with E-state index in [4.69, 9.17) is 5.26 Å². The van der Waals surface area contributed by atoms with Crippen molar-refractivity contribution in [3.63, 3.8) is 0 Å². The van der Waals surface area contributed by atoms with Gasteiger partial charge in [-0.05, 0) is 31.2 Å². The second kappa shape index (κ2) is 6.41.